The molecule has 0 spiro atoms. The highest BCUT2D eigenvalue weighted by Gasteiger charge is 2.09. The van der Waals surface area contributed by atoms with Gasteiger partial charge < -0.3 is 10.6 Å². The van der Waals surface area contributed by atoms with E-state index in [2.05, 4.69) is 47.7 Å². The number of nitrogens with zero attached hydrogens (tertiary/aromatic N) is 1. The van der Waals surface area contributed by atoms with E-state index in [0.29, 0.717) is 0 Å². The number of hydrogen-bond donors (Lipinski definition) is 1. The molecule has 2 nitrogen and oxygen atoms in total. The fourth-order valence-electron chi connectivity index (χ4n) is 2.10. The molecule has 0 aliphatic rings. The first-order valence-electron chi connectivity index (χ1n) is 5.81. The molecule has 0 fully saturated rings. The lowest BCUT2D eigenvalue weighted by atomic mass is 10.2. The SMILES string of the molecule is CN(c1cccc(N)c1)c1csc2ccccc12. The molecular weight excluding hydrogens is 240 g/mol. The van der Waals surface area contributed by atoms with E-state index in [-0.39, 0.29) is 0 Å². The first-order valence-corrected chi connectivity index (χ1v) is 6.69. The molecule has 2 N–H and O–H groups in total. The maximum atomic E-state index is 5.84. The fourth-order valence-corrected chi connectivity index (χ4v) is 3.08. The van der Waals surface area contributed by atoms with Gasteiger partial charge in [0.1, 0.15) is 0 Å². The highest BCUT2D eigenvalue weighted by atomic mass is 32.1. The second-order valence-electron chi connectivity index (χ2n) is 4.27. The van der Waals surface area contributed by atoms with Crippen LogP contribution in [-0.4, -0.2) is 7.05 Å². The highest BCUT2D eigenvalue weighted by Crippen LogP contribution is 2.35. The van der Waals surface area contributed by atoms with Gasteiger partial charge in [-0.2, -0.15) is 0 Å². The monoisotopic (exact) mass is 254 g/mol. The summed E-state index contributed by atoms with van der Waals surface area (Å²) in [7, 11) is 2.07. The van der Waals surface area contributed by atoms with Crippen LogP contribution < -0.4 is 10.6 Å². The lowest BCUT2D eigenvalue weighted by molar-refractivity contribution is 1.23. The predicted octanol–water partition coefficient (Wildman–Crippen LogP) is 4.25. The summed E-state index contributed by atoms with van der Waals surface area (Å²) in [5, 5.41) is 3.47. The number of nitrogen functional groups attached to an aromatic ring is 1. The summed E-state index contributed by atoms with van der Waals surface area (Å²) in [6.45, 7) is 0. The molecular formula is C15H14N2S. The largest absolute Gasteiger partial charge is 0.399 e. The molecule has 0 saturated heterocycles. The zero-order chi connectivity index (χ0) is 12.5. The second-order valence-corrected chi connectivity index (χ2v) is 5.18. The van der Waals surface area contributed by atoms with Gasteiger partial charge in [0.25, 0.3) is 0 Å². The quantitative estimate of drug-likeness (QED) is 0.693. The van der Waals surface area contributed by atoms with Gasteiger partial charge in [-0.1, -0.05) is 24.3 Å². The topological polar surface area (TPSA) is 29.3 Å². The first-order chi connectivity index (χ1) is 8.75. The van der Waals surface area contributed by atoms with Crippen LogP contribution in [0, 0.1) is 0 Å². The van der Waals surface area contributed by atoms with Crippen molar-refractivity contribution < 1.29 is 0 Å². The Labute approximate surface area is 110 Å². The molecule has 0 saturated carbocycles. The Bertz CT molecular complexity index is 688. The molecule has 0 radical (unpaired) electrons. The molecule has 2 aromatic carbocycles. The first kappa shape index (κ1) is 11.1. The summed E-state index contributed by atoms with van der Waals surface area (Å²) in [4.78, 5) is 2.18. The van der Waals surface area contributed by atoms with Crippen LogP contribution in [0.1, 0.15) is 0 Å². The molecule has 1 aromatic heterocycles. The third-order valence-electron chi connectivity index (χ3n) is 3.08. The molecule has 18 heavy (non-hydrogen) atoms. The van der Waals surface area contributed by atoms with Crippen LogP contribution in [-0.2, 0) is 0 Å². The van der Waals surface area contributed by atoms with Crippen LogP contribution >= 0.6 is 11.3 Å². The van der Waals surface area contributed by atoms with Crippen LogP contribution in [0.15, 0.2) is 53.9 Å². The van der Waals surface area contributed by atoms with Crippen molar-refractivity contribution in [2.75, 3.05) is 17.7 Å². The summed E-state index contributed by atoms with van der Waals surface area (Å²) in [5.41, 5.74) is 8.96. The third kappa shape index (κ3) is 1.83. The van der Waals surface area contributed by atoms with Gasteiger partial charge in [0.15, 0.2) is 0 Å². The Morgan fingerprint density at radius 3 is 2.72 bits per heavy atom. The summed E-state index contributed by atoms with van der Waals surface area (Å²) in [6, 6.07) is 16.4. The summed E-state index contributed by atoms with van der Waals surface area (Å²) in [6.07, 6.45) is 0. The Hall–Kier alpha value is -2.00. The van der Waals surface area contributed by atoms with E-state index in [0.717, 1.165) is 11.4 Å². The van der Waals surface area contributed by atoms with Crippen molar-refractivity contribution in [2.45, 2.75) is 0 Å². The molecule has 0 bridgehead atoms. The van der Waals surface area contributed by atoms with E-state index < -0.39 is 0 Å². The van der Waals surface area contributed by atoms with Gasteiger partial charge in [-0.3, -0.25) is 0 Å². The molecule has 0 unspecified atom stereocenters. The van der Waals surface area contributed by atoms with Crippen LogP contribution in [0.2, 0.25) is 0 Å². The Morgan fingerprint density at radius 2 is 1.89 bits per heavy atom. The van der Waals surface area contributed by atoms with Crippen molar-refractivity contribution in [3.8, 4) is 0 Å². The number of thiophene rings is 1. The standard InChI is InChI=1S/C15H14N2S/c1-17(12-6-4-5-11(16)9-12)14-10-18-15-8-3-2-7-13(14)15/h2-10H,16H2,1H3. The maximum absolute atomic E-state index is 5.84. The highest BCUT2D eigenvalue weighted by molar-refractivity contribution is 7.17. The van der Waals surface area contributed by atoms with E-state index in [4.69, 9.17) is 5.73 Å². The lowest BCUT2D eigenvalue weighted by Crippen LogP contribution is -2.08. The Kier molecular flexibility index (Phi) is 2.68. The number of hydrogen-bond acceptors (Lipinski definition) is 3. The van der Waals surface area contributed by atoms with E-state index in [1.54, 1.807) is 11.3 Å². The van der Waals surface area contributed by atoms with Crippen molar-refractivity contribution in [3.63, 3.8) is 0 Å². The normalized spacial score (nSPS) is 10.7. The van der Waals surface area contributed by atoms with Crippen LogP contribution in [0.5, 0.6) is 0 Å². The summed E-state index contributed by atoms with van der Waals surface area (Å²) in [5.74, 6) is 0. The maximum Gasteiger partial charge on any atom is 0.0596 e. The van der Waals surface area contributed by atoms with Gasteiger partial charge >= 0.3 is 0 Å². The van der Waals surface area contributed by atoms with E-state index in [1.165, 1.54) is 15.8 Å². The Morgan fingerprint density at radius 1 is 1.06 bits per heavy atom. The van der Waals surface area contributed by atoms with Crippen LogP contribution in [0.4, 0.5) is 17.1 Å². The molecule has 0 aliphatic heterocycles. The fraction of sp³-hybridized carbons (Fsp3) is 0.0667. The van der Waals surface area contributed by atoms with E-state index in [9.17, 15) is 0 Å². The summed E-state index contributed by atoms with van der Waals surface area (Å²) < 4.78 is 1.31. The minimum atomic E-state index is 0.791. The molecule has 3 heteroatoms. The smallest absolute Gasteiger partial charge is 0.0596 e. The number of rotatable bonds is 2. The average Bonchev–Trinajstić information content (AvgIpc) is 2.82. The van der Waals surface area contributed by atoms with Crippen molar-refractivity contribution >= 4 is 38.5 Å². The van der Waals surface area contributed by atoms with Gasteiger partial charge in [0, 0.05) is 33.9 Å². The van der Waals surface area contributed by atoms with Gasteiger partial charge in [-0.25, -0.2) is 0 Å². The zero-order valence-electron chi connectivity index (χ0n) is 10.1. The van der Waals surface area contributed by atoms with Crippen molar-refractivity contribution in [1.29, 1.82) is 0 Å². The Balaban J connectivity index is 2.09. The van der Waals surface area contributed by atoms with E-state index in [1.807, 2.05) is 18.2 Å². The third-order valence-corrected chi connectivity index (χ3v) is 4.03. The lowest BCUT2D eigenvalue weighted by Gasteiger charge is -2.19. The predicted molar refractivity (Wildman–Crippen MR) is 80.7 cm³/mol. The average molecular weight is 254 g/mol. The molecule has 3 aromatic rings. The minimum Gasteiger partial charge on any atom is -0.399 e. The molecule has 0 aliphatic carbocycles. The summed E-state index contributed by atoms with van der Waals surface area (Å²) >= 11 is 1.77. The van der Waals surface area contributed by atoms with Gasteiger partial charge in [-0.05, 0) is 24.3 Å². The van der Waals surface area contributed by atoms with Crippen LogP contribution in [0.25, 0.3) is 10.1 Å². The number of benzene rings is 2. The number of nitrogens with two attached hydrogens (primary N) is 1. The molecule has 1 heterocycles. The number of fused-ring (bicyclic) bond motifs is 1. The van der Waals surface area contributed by atoms with Gasteiger partial charge in [-0.15, -0.1) is 11.3 Å². The molecule has 0 amide bonds. The van der Waals surface area contributed by atoms with Crippen molar-refractivity contribution in [1.82, 2.24) is 0 Å². The zero-order valence-corrected chi connectivity index (χ0v) is 10.9. The van der Waals surface area contributed by atoms with E-state index >= 15 is 0 Å². The number of anilines is 3. The van der Waals surface area contributed by atoms with Crippen molar-refractivity contribution in [3.05, 3.63) is 53.9 Å². The van der Waals surface area contributed by atoms with Crippen LogP contribution in [0.3, 0.4) is 0 Å². The van der Waals surface area contributed by atoms with Gasteiger partial charge in [0.05, 0.1) is 5.69 Å². The van der Waals surface area contributed by atoms with Gasteiger partial charge in [0.2, 0.25) is 0 Å². The molecule has 90 valence electrons. The second kappa shape index (κ2) is 4.35. The molecule has 0 atom stereocenters. The molecule has 3 rings (SSSR count). The van der Waals surface area contributed by atoms with Crippen molar-refractivity contribution in [2.24, 2.45) is 0 Å². The minimum absolute atomic E-state index is 0.791.